The minimum Gasteiger partial charge on any atom is -0.352 e. The van der Waals surface area contributed by atoms with E-state index in [1.807, 2.05) is 4.90 Å². The zero-order valence-corrected chi connectivity index (χ0v) is 14.7. The Morgan fingerprint density at radius 3 is 2.39 bits per heavy atom. The van der Waals surface area contributed by atoms with Gasteiger partial charge in [0.05, 0.1) is 11.4 Å². The topological polar surface area (TPSA) is 75.4 Å². The van der Waals surface area contributed by atoms with Crippen molar-refractivity contribution in [3.63, 3.8) is 0 Å². The maximum Gasteiger partial charge on any atom is 0.243 e. The number of amides is 2. The summed E-state index contributed by atoms with van der Waals surface area (Å²) < 4.78 is 0. The van der Waals surface area contributed by atoms with Gasteiger partial charge in [0.25, 0.3) is 0 Å². The van der Waals surface area contributed by atoms with E-state index in [1.54, 1.807) is 11.8 Å². The molecule has 3 aliphatic rings. The van der Waals surface area contributed by atoms with Crippen LogP contribution < -0.4 is 11.1 Å². The van der Waals surface area contributed by atoms with Crippen LogP contribution in [0.2, 0.25) is 0 Å². The van der Waals surface area contributed by atoms with Gasteiger partial charge in [-0.1, -0.05) is 38.5 Å². The molecule has 1 saturated heterocycles. The van der Waals surface area contributed by atoms with Gasteiger partial charge in [0.15, 0.2) is 0 Å². The van der Waals surface area contributed by atoms with Crippen LogP contribution in [0.15, 0.2) is 0 Å². The molecule has 3 rings (SSSR count). The van der Waals surface area contributed by atoms with Crippen LogP contribution in [0.4, 0.5) is 0 Å². The monoisotopic (exact) mass is 339 g/mol. The second-order valence-electron chi connectivity index (χ2n) is 7.15. The molecule has 5 nitrogen and oxygen atoms in total. The number of carbonyl (C=O) groups excluding carboxylic acids is 2. The Hall–Kier alpha value is -0.750. The molecule has 0 bridgehead atoms. The van der Waals surface area contributed by atoms with Crippen molar-refractivity contribution in [3.05, 3.63) is 0 Å². The summed E-state index contributed by atoms with van der Waals surface area (Å²) in [7, 11) is 0. The number of nitrogens with zero attached hydrogens (tertiary/aromatic N) is 1. The summed E-state index contributed by atoms with van der Waals surface area (Å²) in [5.41, 5.74) is 5.66. The van der Waals surface area contributed by atoms with E-state index in [9.17, 15) is 9.59 Å². The van der Waals surface area contributed by atoms with E-state index in [0.29, 0.717) is 11.8 Å². The van der Waals surface area contributed by atoms with Crippen molar-refractivity contribution in [1.29, 1.82) is 0 Å². The molecule has 1 unspecified atom stereocenters. The SMILES string of the molecule is NCC(=O)N1C(C(=O)NC2CCCCC2)CSC12CCCCC2. The van der Waals surface area contributed by atoms with Crippen molar-refractivity contribution in [3.8, 4) is 0 Å². The Balaban J connectivity index is 1.71. The van der Waals surface area contributed by atoms with Crippen molar-refractivity contribution in [1.82, 2.24) is 10.2 Å². The Kier molecular flexibility index (Phi) is 5.52. The molecule has 3 fully saturated rings. The van der Waals surface area contributed by atoms with Crippen LogP contribution in [0.5, 0.6) is 0 Å². The molecule has 0 aromatic heterocycles. The number of nitrogens with one attached hydrogen (secondary N) is 1. The Bertz CT molecular complexity index is 445. The highest BCUT2D eigenvalue weighted by Gasteiger charge is 2.51. The van der Waals surface area contributed by atoms with Gasteiger partial charge in [0.1, 0.15) is 6.04 Å². The minimum absolute atomic E-state index is 0.00445. The zero-order valence-electron chi connectivity index (χ0n) is 13.9. The summed E-state index contributed by atoms with van der Waals surface area (Å²) >= 11 is 1.80. The van der Waals surface area contributed by atoms with E-state index in [0.717, 1.165) is 38.5 Å². The maximum absolute atomic E-state index is 12.8. The predicted octanol–water partition coefficient (Wildman–Crippen LogP) is 2.00. The third-order valence-electron chi connectivity index (χ3n) is 5.59. The Labute approximate surface area is 143 Å². The van der Waals surface area contributed by atoms with E-state index in [4.69, 9.17) is 5.73 Å². The van der Waals surface area contributed by atoms with Crippen LogP contribution in [-0.2, 0) is 9.59 Å². The molecule has 1 heterocycles. The van der Waals surface area contributed by atoms with Crippen LogP contribution in [0, 0.1) is 0 Å². The third-order valence-corrected chi connectivity index (χ3v) is 7.22. The minimum atomic E-state index is -0.337. The lowest BCUT2D eigenvalue weighted by molar-refractivity contribution is -0.142. The first-order chi connectivity index (χ1) is 11.2. The average molecular weight is 340 g/mol. The van der Waals surface area contributed by atoms with E-state index in [1.165, 1.54) is 25.7 Å². The number of hydrogen-bond donors (Lipinski definition) is 2. The molecule has 6 heteroatoms. The van der Waals surface area contributed by atoms with Gasteiger partial charge in [-0.2, -0.15) is 0 Å². The molecule has 0 aromatic rings. The second kappa shape index (κ2) is 7.43. The smallest absolute Gasteiger partial charge is 0.243 e. The average Bonchev–Trinajstić information content (AvgIpc) is 2.94. The lowest BCUT2D eigenvalue weighted by atomic mass is 9.92. The fraction of sp³-hybridized carbons (Fsp3) is 0.882. The standard InChI is InChI=1S/C17H29N3O2S/c18-11-15(21)20-14(12-23-17(20)9-5-2-6-10-17)16(22)19-13-7-3-1-4-8-13/h13-14H,1-12,18H2,(H,19,22). The van der Waals surface area contributed by atoms with Crippen molar-refractivity contribution in [2.45, 2.75) is 81.2 Å². The molecule has 0 radical (unpaired) electrons. The van der Waals surface area contributed by atoms with Crippen LogP contribution >= 0.6 is 11.8 Å². The number of hydrogen-bond acceptors (Lipinski definition) is 4. The van der Waals surface area contributed by atoms with E-state index >= 15 is 0 Å². The van der Waals surface area contributed by atoms with E-state index in [2.05, 4.69) is 5.32 Å². The number of rotatable bonds is 3. The van der Waals surface area contributed by atoms with Gasteiger partial charge in [-0.15, -0.1) is 11.8 Å². The summed E-state index contributed by atoms with van der Waals surface area (Å²) in [6, 6.07) is -0.0462. The molecule has 2 saturated carbocycles. The third kappa shape index (κ3) is 3.53. The van der Waals surface area contributed by atoms with Gasteiger partial charge in [-0.05, 0) is 25.7 Å². The summed E-state index contributed by atoms with van der Waals surface area (Å²) in [6.45, 7) is -0.00445. The summed E-state index contributed by atoms with van der Waals surface area (Å²) in [4.78, 5) is 27.0. The van der Waals surface area contributed by atoms with Gasteiger partial charge in [-0.3, -0.25) is 9.59 Å². The first-order valence-corrected chi connectivity index (χ1v) is 10.1. The highest BCUT2D eigenvalue weighted by atomic mass is 32.2. The van der Waals surface area contributed by atoms with Gasteiger partial charge in [0.2, 0.25) is 11.8 Å². The molecule has 1 aliphatic heterocycles. The first-order valence-electron chi connectivity index (χ1n) is 9.13. The fourth-order valence-electron chi connectivity index (χ4n) is 4.39. The summed E-state index contributed by atoms with van der Waals surface area (Å²) in [6.07, 6.45) is 11.3. The quantitative estimate of drug-likeness (QED) is 0.825. The van der Waals surface area contributed by atoms with Crippen molar-refractivity contribution in [2.24, 2.45) is 5.73 Å². The fourth-order valence-corrected chi connectivity index (χ4v) is 6.10. The zero-order chi connectivity index (χ0) is 16.3. The highest BCUT2D eigenvalue weighted by Crippen LogP contribution is 2.49. The van der Waals surface area contributed by atoms with Gasteiger partial charge in [0, 0.05) is 11.8 Å². The van der Waals surface area contributed by atoms with E-state index in [-0.39, 0.29) is 29.3 Å². The molecule has 3 N–H and O–H groups in total. The number of thioether (sulfide) groups is 1. The van der Waals surface area contributed by atoms with E-state index < -0.39 is 0 Å². The molecule has 1 spiro atoms. The van der Waals surface area contributed by atoms with Crippen molar-refractivity contribution < 1.29 is 9.59 Å². The predicted molar refractivity (Wildman–Crippen MR) is 93.0 cm³/mol. The van der Waals surface area contributed by atoms with Crippen LogP contribution in [0.3, 0.4) is 0 Å². The molecule has 0 aromatic carbocycles. The first kappa shape index (κ1) is 17.1. The lowest BCUT2D eigenvalue weighted by Crippen LogP contribution is -2.58. The van der Waals surface area contributed by atoms with Gasteiger partial charge in [-0.25, -0.2) is 0 Å². The Morgan fingerprint density at radius 1 is 1.09 bits per heavy atom. The van der Waals surface area contributed by atoms with Crippen LogP contribution in [0.1, 0.15) is 64.2 Å². The lowest BCUT2D eigenvalue weighted by Gasteiger charge is -2.42. The molecular weight excluding hydrogens is 310 g/mol. The van der Waals surface area contributed by atoms with Crippen LogP contribution in [-0.4, -0.2) is 46.0 Å². The normalized spacial score (nSPS) is 28.0. The number of nitrogens with two attached hydrogens (primary N) is 1. The van der Waals surface area contributed by atoms with Crippen molar-refractivity contribution in [2.75, 3.05) is 12.3 Å². The molecule has 130 valence electrons. The molecular formula is C17H29N3O2S. The number of carbonyl (C=O) groups is 2. The maximum atomic E-state index is 12.8. The molecule has 2 aliphatic carbocycles. The highest BCUT2D eigenvalue weighted by molar-refractivity contribution is 8.01. The molecule has 2 amide bonds. The van der Waals surface area contributed by atoms with Crippen LogP contribution in [0.25, 0.3) is 0 Å². The summed E-state index contributed by atoms with van der Waals surface area (Å²) in [5, 5.41) is 3.20. The van der Waals surface area contributed by atoms with Gasteiger partial charge < -0.3 is 16.0 Å². The summed E-state index contributed by atoms with van der Waals surface area (Å²) in [5.74, 6) is 0.680. The Morgan fingerprint density at radius 2 is 1.74 bits per heavy atom. The van der Waals surface area contributed by atoms with Crippen molar-refractivity contribution >= 4 is 23.6 Å². The van der Waals surface area contributed by atoms with Gasteiger partial charge >= 0.3 is 0 Å². The second-order valence-corrected chi connectivity index (χ2v) is 8.53. The molecule has 1 atom stereocenters. The largest absolute Gasteiger partial charge is 0.352 e. The molecule has 23 heavy (non-hydrogen) atoms.